The fourth-order valence-electron chi connectivity index (χ4n) is 6.08. The molecule has 2 N–H and O–H groups in total. The molecule has 2 aliphatic rings. The number of ether oxygens (including phenoxy) is 3. The Morgan fingerprint density at radius 1 is 1.10 bits per heavy atom. The molecule has 13 heteroatoms. The summed E-state index contributed by atoms with van der Waals surface area (Å²) in [7, 11) is 1.60. The van der Waals surface area contributed by atoms with E-state index in [-0.39, 0.29) is 16.2 Å². The van der Waals surface area contributed by atoms with E-state index >= 15 is 0 Å². The molecule has 42 heavy (non-hydrogen) atoms. The number of halogens is 1. The van der Waals surface area contributed by atoms with Crippen LogP contribution in [0.4, 0.5) is 21.4 Å². The molecule has 0 spiro atoms. The Bertz CT molecular complexity index is 1340. The number of nitrogens with zero attached hydrogens (tertiary/aromatic N) is 5. The molecule has 2 aliphatic heterocycles. The lowest BCUT2D eigenvalue weighted by atomic mass is 9.66. The van der Waals surface area contributed by atoms with Crippen molar-refractivity contribution >= 4 is 35.6 Å². The quantitative estimate of drug-likeness (QED) is 0.368. The average molecular weight is 606 g/mol. The molecule has 1 fully saturated rings. The van der Waals surface area contributed by atoms with Crippen LogP contribution in [0.25, 0.3) is 0 Å². The summed E-state index contributed by atoms with van der Waals surface area (Å²) in [6, 6.07) is 7.56. The van der Waals surface area contributed by atoms with E-state index in [2.05, 4.69) is 56.5 Å². The van der Waals surface area contributed by atoms with Crippen LogP contribution >= 0.6 is 11.6 Å². The number of fused-ring (bicyclic) bond motifs is 1. The number of benzene rings is 1. The number of hydrogen-bond donors (Lipinski definition) is 2. The summed E-state index contributed by atoms with van der Waals surface area (Å²) in [4.78, 5) is 32.8. The van der Waals surface area contributed by atoms with Crippen LogP contribution in [-0.4, -0.2) is 68.5 Å². The van der Waals surface area contributed by atoms with Crippen molar-refractivity contribution < 1.29 is 34.0 Å². The number of carboxylic acid groups (broad SMARTS) is 2. The molecule has 230 valence electrons. The molecule has 0 saturated carbocycles. The van der Waals surface area contributed by atoms with E-state index in [0.717, 1.165) is 5.56 Å². The van der Waals surface area contributed by atoms with E-state index in [9.17, 15) is 19.8 Å². The van der Waals surface area contributed by atoms with Gasteiger partial charge in [-0.3, -0.25) is 5.01 Å². The van der Waals surface area contributed by atoms with Gasteiger partial charge in [0, 0.05) is 12.0 Å². The molecule has 0 radical (unpaired) electrons. The van der Waals surface area contributed by atoms with Gasteiger partial charge < -0.3 is 24.4 Å². The molecular weight excluding hydrogens is 566 g/mol. The zero-order chi connectivity index (χ0) is 31.4. The summed E-state index contributed by atoms with van der Waals surface area (Å²) >= 11 is 6.98. The Morgan fingerprint density at radius 3 is 2.14 bits per heavy atom. The fraction of sp³-hybridized carbons (Fsp3) is 0.586. The van der Waals surface area contributed by atoms with E-state index in [1.807, 2.05) is 43.1 Å². The van der Waals surface area contributed by atoms with Crippen molar-refractivity contribution in [1.82, 2.24) is 15.0 Å². The molecule has 2 unspecified atom stereocenters. The second-order valence-corrected chi connectivity index (χ2v) is 13.4. The van der Waals surface area contributed by atoms with Crippen LogP contribution in [0.3, 0.4) is 0 Å². The van der Waals surface area contributed by atoms with E-state index < -0.39 is 40.4 Å². The lowest BCUT2D eigenvalue weighted by molar-refractivity contribution is -0.152. The van der Waals surface area contributed by atoms with Crippen LogP contribution in [0, 0.1) is 5.41 Å². The summed E-state index contributed by atoms with van der Waals surface area (Å²) in [5, 5.41) is 23.5. The van der Waals surface area contributed by atoms with Crippen molar-refractivity contribution in [3.63, 3.8) is 0 Å². The highest BCUT2D eigenvalue weighted by Gasteiger charge is 2.63. The third kappa shape index (κ3) is 5.60. The van der Waals surface area contributed by atoms with E-state index in [0.29, 0.717) is 36.7 Å². The molecule has 0 bridgehead atoms. The molecule has 1 aromatic heterocycles. The van der Waals surface area contributed by atoms with Gasteiger partial charge in [-0.1, -0.05) is 44.5 Å². The number of hydrazine groups is 1. The standard InChI is InChI=1S/C29H40ClN5O7/c1-26(2,3)29(14-19-16-41-28(7,8)42-19)20-21(30)31-23(34(24(36)37)25(38)39)32-22(20)33(35(29)27(4,5)6)15-17-10-12-18(40-9)13-11-17/h10-13,19H,14-16H2,1-9H3,(H,36,37)(H,38,39). The van der Waals surface area contributed by atoms with Gasteiger partial charge >= 0.3 is 12.2 Å². The van der Waals surface area contributed by atoms with Gasteiger partial charge in [0.1, 0.15) is 10.9 Å². The fourth-order valence-corrected chi connectivity index (χ4v) is 6.39. The minimum Gasteiger partial charge on any atom is -0.497 e. The van der Waals surface area contributed by atoms with Gasteiger partial charge in [0.2, 0.25) is 5.95 Å². The van der Waals surface area contributed by atoms with Gasteiger partial charge in [0.25, 0.3) is 0 Å². The summed E-state index contributed by atoms with van der Waals surface area (Å²) in [5.74, 6) is -0.312. The maximum Gasteiger partial charge on any atom is 0.424 e. The van der Waals surface area contributed by atoms with Crippen molar-refractivity contribution in [3.8, 4) is 5.75 Å². The average Bonchev–Trinajstić information content (AvgIpc) is 3.33. The van der Waals surface area contributed by atoms with Crippen molar-refractivity contribution in [3.05, 3.63) is 40.5 Å². The highest BCUT2D eigenvalue weighted by atomic mass is 35.5. The van der Waals surface area contributed by atoms with E-state index in [1.54, 1.807) is 7.11 Å². The SMILES string of the molecule is COc1ccc(CN2c3nc(N(C(=O)O)C(=O)O)nc(Cl)c3C(CC3COC(C)(C)O3)(C(C)(C)C)N2C(C)(C)C)cc1. The second kappa shape index (κ2) is 10.8. The zero-order valence-corrected chi connectivity index (χ0v) is 26.3. The Balaban J connectivity index is 2.03. The number of amides is 2. The van der Waals surface area contributed by atoms with Gasteiger partial charge in [0.15, 0.2) is 11.6 Å². The van der Waals surface area contributed by atoms with Crippen LogP contribution in [0.15, 0.2) is 24.3 Å². The minimum atomic E-state index is -1.74. The number of aromatic nitrogens is 2. The van der Waals surface area contributed by atoms with Gasteiger partial charge in [-0.05, 0) is 57.7 Å². The molecule has 1 aromatic carbocycles. The summed E-state index contributed by atoms with van der Waals surface area (Å²) < 4.78 is 17.6. The van der Waals surface area contributed by atoms with Crippen molar-refractivity contribution in [1.29, 1.82) is 0 Å². The first-order chi connectivity index (χ1) is 19.3. The van der Waals surface area contributed by atoms with Crippen LogP contribution in [-0.2, 0) is 21.6 Å². The van der Waals surface area contributed by atoms with Gasteiger partial charge in [-0.15, -0.1) is 4.90 Å². The maximum atomic E-state index is 11.9. The zero-order valence-electron chi connectivity index (χ0n) is 25.6. The highest BCUT2D eigenvalue weighted by molar-refractivity contribution is 6.31. The first-order valence-electron chi connectivity index (χ1n) is 13.7. The Morgan fingerprint density at radius 2 is 1.69 bits per heavy atom. The summed E-state index contributed by atoms with van der Waals surface area (Å²) in [6.45, 7) is 16.9. The highest BCUT2D eigenvalue weighted by Crippen LogP contribution is 2.60. The van der Waals surface area contributed by atoms with Crippen LogP contribution in [0.2, 0.25) is 5.15 Å². The third-order valence-electron chi connectivity index (χ3n) is 7.64. The van der Waals surface area contributed by atoms with Crippen molar-refractivity contribution in [2.45, 2.75) is 91.3 Å². The summed E-state index contributed by atoms with van der Waals surface area (Å²) in [5.41, 5.74) is -0.486. The smallest absolute Gasteiger partial charge is 0.424 e. The monoisotopic (exact) mass is 605 g/mol. The van der Waals surface area contributed by atoms with Crippen LogP contribution in [0.1, 0.15) is 72.9 Å². The summed E-state index contributed by atoms with van der Waals surface area (Å²) in [6.07, 6.45) is -3.37. The number of hydrogen-bond acceptors (Lipinski definition) is 9. The molecule has 0 aliphatic carbocycles. The maximum absolute atomic E-state index is 11.9. The molecule has 4 rings (SSSR count). The van der Waals surface area contributed by atoms with Gasteiger partial charge in [-0.2, -0.15) is 9.97 Å². The number of methoxy groups -OCH3 is 1. The largest absolute Gasteiger partial charge is 0.497 e. The third-order valence-corrected chi connectivity index (χ3v) is 7.91. The topological polar surface area (TPSA) is 138 Å². The van der Waals surface area contributed by atoms with Crippen LogP contribution in [0.5, 0.6) is 5.75 Å². The molecule has 3 heterocycles. The van der Waals surface area contributed by atoms with Crippen LogP contribution < -0.4 is 14.6 Å². The Labute approximate surface area is 251 Å². The minimum absolute atomic E-state index is 0.0397. The first kappa shape index (κ1) is 31.7. The number of carbonyl (C=O) groups is 2. The van der Waals surface area contributed by atoms with Crippen molar-refractivity contribution in [2.24, 2.45) is 5.41 Å². The predicted molar refractivity (Wildman–Crippen MR) is 157 cm³/mol. The first-order valence-corrected chi connectivity index (χ1v) is 14.1. The Hall–Kier alpha value is -3.19. The number of rotatable bonds is 6. The molecule has 1 saturated heterocycles. The lowest BCUT2D eigenvalue weighted by Crippen LogP contribution is -2.64. The number of imide groups is 1. The van der Waals surface area contributed by atoms with E-state index in [1.165, 1.54) is 0 Å². The predicted octanol–water partition coefficient (Wildman–Crippen LogP) is 6.12. The molecule has 2 amide bonds. The molecule has 12 nitrogen and oxygen atoms in total. The molecular formula is C29H40ClN5O7. The van der Waals surface area contributed by atoms with Crippen molar-refractivity contribution in [2.75, 3.05) is 23.6 Å². The molecule has 2 atom stereocenters. The normalized spacial score (nSPS) is 22.2. The number of anilines is 2. The lowest BCUT2D eigenvalue weighted by Gasteiger charge is -2.56. The van der Waals surface area contributed by atoms with Gasteiger partial charge in [0.05, 0.1) is 37.5 Å². The van der Waals surface area contributed by atoms with Gasteiger partial charge in [-0.25, -0.2) is 14.6 Å². The van der Waals surface area contributed by atoms with E-state index in [4.69, 9.17) is 25.8 Å². The second-order valence-electron chi connectivity index (χ2n) is 13.1. The molecule has 2 aromatic rings. The Kier molecular flexibility index (Phi) is 8.18.